The van der Waals surface area contributed by atoms with Crippen LogP contribution in [0.3, 0.4) is 0 Å². The van der Waals surface area contributed by atoms with E-state index >= 15 is 0 Å². The molecule has 0 fully saturated rings. The lowest BCUT2D eigenvalue weighted by Crippen LogP contribution is -2.10. The van der Waals surface area contributed by atoms with E-state index < -0.39 is 12.6 Å². The number of nitrogens with zero attached hydrogens (tertiary/aromatic N) is 1. The number of ether oxygens (including phenoxy) is 2. The number of halogens is 3. The molecule has 0 atom stereocenters. The Morgan fingerprint density at radius 1 is 1.56 bits per heavy atom. The summed E-state index contributed by atoms with van der Waals surface area (Å²) in [5.74, 6) is -1.16. The lowest BCUT2D eigenvalue weighted by Gasteiger charge is -2.11. The van der Waals surface area contributed by atoms with Gasteiger partial charge >= 0.3 is 12.6 Å². The second-order valence-corrected chi connectivity index (χ2v) is 3.68. The summed E-state index contributed by atoms with van der Waals surface area (Å²) in [6, 6.07) is 4.25. The molecule has 1 aromatic rings. The first-order valence-electron chi connectivity index (χ1n) is 4.69. The predicted octanol–water partition coefficient (Wildman–Crippen LogP) is 2.84. The zero-order valence-corrected chi connectivity index (χ0v) is 10.8. The van der Waals surface area contributed by atoms with Crippen LogP contribution in [0.25, 0.3) is 0 Å². The van der Waals surface area contributed by atoms with Gasteiger partial charge in [0.2, 0.25) is 0 Å². The molecule has 0 aromatic heterocycles. The Bertz CT molecular complexity index is 500. The smallest absolute Gasteiger partial charge is 0.387 e. The van der Waals surface area contributed by atoms with Crippen LogP contribution >= 0.6 is 15.9 Å². The normalized spacial score (nSPS) is 10.0. The van der Waals surface area contributed by atoms with E-state index in [2.05, 4.69) is 25.4 Å². The van der Waals surface area contributed by atoms with Crippen molar-refractivity contribution in [2.75, 3.05) is 7.11 Å². The highest BCUT2D eigenvalue weighted by Crippen LogP contribution is 2.27. The molecule has 0 bridgehead atoms. The number of rotatable bonds is 4. The summed E-state index contributed by atoms with van der Waals surface area (Å²) in [6.45, 7) is -3.07. The van der Waals surface area contributed by atoms with Crippen molar-refractivity contribution in [3.63, 3.8) is 0 Å². The number of methoxy groups -OCH3 is 1. The Balaban J connectivity index is 3.36. The predicted molar refractivity (Wildman–Crippen MR) is 61.8 cm³/mol. The Morgan fingerprint density at radius 2 is 2.22 bits per heavy atom. The summed E-state index contributed by atoms with van der Waals surface area (Å²) in [5.41, 5.74) is 0.425. The molecule has 0 saturated heterocycles. The third-order valence-corrected chi connectivity index (χ3v) is 2.70. The van der Waals surface area contributed by atoms with Gasteiger partial charge in [-0.2, -0.15) is 14.0 Å². The summed E-state index contributed by atoms with van der Waals surface area (Å²) in [7, 11) is 1.11. The van der Waals surface area contributed by atoms with Gasteiger partial charge in [0, 0.05) is 5.33 Å². The van der Waals surface area contributed by atoms with Gasteiger partial charge in [0.15, 0.2) is 0 Å². The van der Waals surface area contributed by atoms with E-state index in [1.807, 2.05) is 6.07 Å². The lowest BCUT2D eigenvalue weighted by molar-refractivity contribution is -0.0504. The van der Waals surface area contributed by atoms with E-state index in [-0.39, 0.29) is 22.2 Å². The number of carbonyl (C=O) groups is 1. The van der Waals surface area contributed by atoms with E-state index in [0.29, 0.717) is 5.56 Å². The molecular formula is C11H8BrF2NO3. The minimum Gasteiger partial charge on any atom is -0.465 e. The van der Waals surface area contributed by atoms with Crippen LogP contribution < -0.4 is 4.74 Å². The molecule has 1 aromatic carbocycles. The van der Waals surface area contributed by atoms with Crippen LogP contribution in [0.2, 0.25) is 0 Å². The minimum absolute atomic E-state index is 0.189. The fraction of sp³-hybridized carbons (Fsp3) is 0.273. The number of hydrogen-bond acceptors (Lipinski definition) is 4. The van der Waals surface area contributed by atoms with Crippen LogP contribution in [0.4, 0.5) is 8.78 Å². The van der Waals surface area contributed by atoms with E-state index in [4.69, 9.17) is 5.26 Å². The third kappa shape index (κ3) is 3.17. The Kier molecular flexibility index (Phi) is 5.04. The molecule has 0 unspecified atom stereocenters. The van der Waals surface area contributed by atoms with Crippen molar-refractivity contribution < 1.29 is 23.0 Å². The molecule has 7 heteroatoms. The van der Waals surface area contributed by atoms with Gasteiger partial charge in [-0.1, -0.05) is 15.9 Å². The minimum atomic E-state index is -3.07. The molecule has 96 valence electrons. The SMILES string of the molecule is COC(=O)c1cc(C#N)c(CBr)cc1OC(F)F. The molecule has 0 spiro atoms. The third-order valence-electron chi connectivity index (χ3n) is 2.09. The average molecular weight is 320 g/mol. The molecule has 0 aliphatic carbocycles. The molecule has 1 rings (SSSR count). The van der Waals surface area contributed by atoms with Gasteiger partial charge in [0.25, 0.3) is 0 Å². The Labute approximate surface area is 110 Å². The van der Waals surface area contributed by atoms with Gasteiger partial charge in [0.1, 0.15) is 11.3 Å². The molecule has 18 heavy (non-hydrogen) atoms. The van der Waals surface area contributed by atoms with Crippen LogP contribution in [-0.4, -0.2) is 19.7 Å². The van der Waals surface area contributed by atoms with Crippen molar-refractivity contribution in [1.82, 2.24) is 0 Å². The summed E-state index contributed by atoms with van der Waals surface area (Å²) in [4.78, 5) is 11.4. The number of alkyl halides is 3. The molecule has 0 N–H and O–H groups in total. The zero-order valence-electron chi connectivity index (χ0n) is 9.25. The molecule has 0 aliphatic rings. The zero-order chi connectivity index (χ0) is 13.7. The van der Waals surface area contributed by atoms with E-state index in [1.165, 1.54) is 12.1 Å². The maximum atomic E-state index is 12.2. The number of esters is 1. The molecule has 4 nitrogen and oxygen atoms in total. The van der Waals surface area contributed by atoms with Crippen LogP contribution in [0.5, 0.6) is 5.75 Å². The number of nitriles is 1. The largest absolute Gasteiger partial charge is 0.465 e. The highest BCUT2D eigenvalue weighted by Gasteiger charge is 2.19. The van der Waals surface area contributed by atoms with Gasteiger partial charge in [-0.3, -0.25) is 0 Å². The summed E-state index contributed by atoms with van der Waals surface area (Å²) in [5, 5.41) is 9.16. The van der Waals surface area contributed by atoms with Crippen molar-refractivity contribution in [3.8, 4) is 11.8 Å². The van der Waals surface area contributed by atoms with Gasteiger partial charge in [-0.05, 0) is 17.7 Å². The summed E-state index contributed by atoms with van der Waals surface area (Å²) >= 11 is 3.12. The quantitative estimate of drug-likeness (QED) is 0.632. The first-order chi connectivity index (χ1) is 8.53. The fourth-order valence-electron chi connectivity index (χ4n) is 1.30. The first kappa shape index (κ1) is 14.4. The van der Waals surface area contributed by atoms with Crippen molar-refractivity contribution in [2.24, 2.45) is 0 Å². The second kappa shape index (κ2) is 6.31. The molecule has 0 amide bonds. The molecule has 0 aliphatic heterocycles. The number of benzene rings is 1. The maximum absolute atomic E-state index is 12.2. The topological polar surface area (TPSA) is 59.3 Å². The van der Waals surface area contributed by atoms with Crippen LogP contribution in [0.1, 0.15) is 21.5 Å². The first-order valence-corrected chi connectivity index (χ1v) is 5.81. The van der Waals surface area contributed by atoms with E-state index in [9.17, 15) is 13.6 Å². The van der Waals surface area contributed by atoms with E-state index in [0.717, 1.165) is 7.11 Å². The molecule has 0 heterocycles. The van der Waals surface area contributed by atoms with Crippen molar-refractivity contribution >= 4 is 21.9 Å². The van der Waals surface area contributed by atoms with Gasteiger partial charge in [-0.25, -0.2) is 4.79 Å². The summed E-state index contributed by atoms with van der Waals surface area (Å²) < 4.78 is 33.2. The summed E-state index contributed by atoms with van der Waals surface area (Å²) in [6.07, 6.45) is 0. The molecule has 0 radical (unpaired) electrons. The molecular weight excluding hydrogens is 312 g/mol. The van der Waals surface area contributed by atoms with E-state index in [1.54, 1.807) is 0 Å². The Hall–Kier alpha value is -1.68. The van der Waals surface area contributed by atoms with Crippen molar-refractivity contribution in [2.45, 2.75) is 11.9 Å². The van der Waals surface area contributed by atoms with Gasteiger partial charge in [-0.15, -0.1) is 0 Å². The number of hydrogen-bond donors (Lipinski definition) is 0. The Morgan fingerprint density at radius 3 is 2.67 bits per heavy atom. The van der Waals surface area contributed by atoms with Crippen LogP contribution in [-0.2, 0) is 10.1 Å². The van der Waals surface area contributed by atoms with Crippen LogP contribution in [0, 0.1) is 11.3 Å². The number of carbonyl (C=O) groups excluding carboxylic acids is 1. The highest BCUT2D eigenvalue weighted by molar-refractivity contribution is 9.08. The standard InChI is InChI=1S/C11H8BrF2NO3/c1-17-10(16)8-2-7(5-15)6(4-12)3-9(8)18-11(13)14/h2-3,11H,4H2,1H3. The van der Waals surface area contributed by atoms with Gasteiger partial charge in [0.05, 0.1) is 18.7 Å². The van der Waals surface area contributed by atoms with Crippen LogP contribution in [0.15, 0.2) is 12.1 Å². The maximum Gasteiger partial charge on any atom is 0.387 e. The average Bonchev–Trinajstić information content (AvgIpc) is 2.36. The monoisotopic (exact) mass is 319 g/mol. The second-order valence-electron chi connectivity index (χ2n) is 3.12. The van der Waals surface area contributed by atoms with Gasteiger partial charge < -0.3 is 9.47 Å². The van der Waals surface area contributed by atoms with Crippen molar-refractivity contribution in [1.29, 1.82) is 5.26 Å². The highest BCUT2D eigenvalue weighted by atomic mass is 79.9. The molecule has 0 saturated carbocycles. The van der Waals surface area contributed by atoms with Crippen molar-refractivity contribution in [3.05, 3.63) is 28.8 Å². The lowest BCUT2D eigenvalue weighted by atomic mass is 10.0. The fourth-order valence-corrected chi connectivity index (χ4v) is 1.76.